The molecule has 0 amide bonds. The Balaban J connectivity index is 2.78. The van der Waals surface area contributed by atoms with Crippen molar-refractivity contribution in [2.45, 2.75) is 19.5 Å². The molecule has 0 spiro atoms. The average Bonchev–Trinajstić information content (AvgIpc) is 2.15. The Labute approximate surface area is 89.7 Å². The van der Waals surface area contributed by atoms with E-state index in [0.717, 1.165) is 11.1 Å². The average molecular weight is 229 g/mol. The van der Waals surface area contributed by atoms with Crippen molar-refractivity contribution >= 4 is 10.2 Å². The number of nitrogens with one attached hydrogen (secondary N) is 1. The molecule has 5 N–H and O–H groups in total. The molecule has 1 rings (SSSR count). The van der Waals surface area contributed by atoms with Gasteiger partial charge in [-0.3, -0.25) is 0 Å². The SMILES string of the molecule is CC(NS(N)(=O)=O)c1ccc(CN)cc1. The molecule has 1 unspecified atom stereocenters. The molecule has 0 bridgehead atoms. The summed E-state index contributed by atoms with van der Waals surface area (Å²) in [6.07, 6.45) is 0. The number of hydrogen-bond donors (Lipinski definition) is 3. The minimum atomic E-state index is -3.66. The van der Waals surface area contributed by atoms with E-state index in [1.807, 2.05) is 24.3 Å². The highest BCUT2D eigenvalue weighted by atomic mass is 32.2. The second-order valence-electron chi connectivity index (χ2n) is 3.33. The molecule has 1 aromatic rings. The van der Waals surface area contributed by atoms with Gasteiger partial charge in [0.15, 0.2) is 0 Å². The van der Waals surface area contributed by atoms with Crippen molar-refractivity contribution in [2.75, 3.05) is 0 Å². The third-order valence-electron chi connectivity index (χ3n) is 2.06. The van der Waals surface area contributed by atoms with Crippen molar-refractivity contribution in [3.8, 4) is 0 Å². The van der Waals surface area contributed by atoms with Crippen LogP contribution < -0.4 is 15.6 Å². The van der Waals surface area contributed by atoms with Gasteiger partial charge in [-0.1, -0.05) is 24.3 Å². The third-order valence-corrected chi connectivity index (χ3v) is 2.74. The van der Waals surface area contributed by atoms with Gasteiger partial charge in [0, 0.05) is 12.6 Å². The number of nitrogens with two attached hydrogens (primary N) is 2. The largest absolute Gasteiger partial charge is 0.326 e. The molecular formula is C9H15N3O2S. The van der Waals surface area contributed by atoms with Crippen LogP contribution in [0.15, 0.2) is 24.3 Å². The van der Waals surface area contributed by atoms with Gasteiger partial charge in [0.2, 0.25) is 0 Å². The monoisotopic (exact) mass is 229 g/mol. The summed E-state index contributed by atoms with van der Waals surface area (Å²) in [5.41, 5.74) is 7.30. The second kappa shape index (κ2) is 4.71. The standard InChI is InChI=1S/C9H15N3O2S/c1-7(12-15(11,13)14)9-4-2-8(6-10)3-5-9/h2-5,7,12H,6,10H2,1H3,(H2,11,13,14). The van der Waals surface area contributed by atoms with Crippen LogP contribution in [-0.2, 0) is 16.8 Å². The summed E-state index contributed by atoms with van der Waals surface area (Å²) in [6.45, 7) is 2.19. The van der Waals surface area contributed by atoms with Crippen LogP contribution in [0.2, 0.25) is 0 Å². The first-order valence-corrected chi connectivity index (χ1v) is 6.06. The number of benzene rings is 1. The summed E-state index contributed by atoms with van der Waals surface area (Å²) in [5.74, 6) is 0. The Hall–Kier alpha value is -0.950. The van der Waals surface area contributed by atoms with Gasteiger partial charge >= 0.3 is 0 Å². The third kappa shape index (κ3) is 3.96. The fraction of sp³-hybridized carbons (Fsp3) is 0.333. The van der Waals surface area contributed by atoms with Gasteiger partial charge in [-0.05, 0) is 18.1 Å². The molecule has 0 saturated carbocycles. The molecule has 0 aliphatic carbocycles. The Bertz CT molecular complexity index is 413. The van der Waals surface area contributed by atoms with Gasteiger partial charge in [-0.15, -0.1) is 0 Å². The van der Waals surface area contributed by atoms with Crippen LogP contribution in [0.5, 0.6) is 0 Å². The Kier molecular flexibility index (Phi) is 3.81. The molecule has 1 atom stereocenters. The van der Waals surface area contributed by atoms with Crippen LogP contribution >= 0.6 is 0 Å². The molecule has 0 aliphatic heterocycles. The molecule has 0 aromatic heterocycles. The van der Waals surface area contributed by atoms with Gasteiger partial charge in [-0.25, -0.2) is 5.14 Å². The molecule has 0 saturated heterocycles. The van der Waals surface area contributed by atoms with Crippen molar-refractivity contribution in [3.63, 3.8) is 0 Å². The lowest BCUT2D eigenvalue weighted by atomic mass is 10.1. The van der Waals surface area contributed by atoms with E-state index in [9.17, 15) is 8.42 Å². The molecule has 5 nitrogen and oxygen atoms in total. The van der Waals surface area contributed by atoms with Gasteiger partial charge < -0.3 is 5.73 Å². The Morgan fingerprint density at radius 3 is 2.27 bits per heavy atom. The summed E-state index contributed by atoms with van der Waals surface area (Å²) in [4.78, 5) is 0. The summed E-state index contributed by atoms with van der Waals surface area (Å²) in [7, 11) is -3.66. The highest BCUT2D eigenvalue weighted by Crippen LogP contribution is 2.13. The van der Waals surface area contributed by atoms with Crippen LogP contribution in [-0.4, -0.2) is 8.42 Å². The van der Waals surface area contributed by atoms with Crippen molar-refractivity contribution < 1.29 is 8.42 Å². The maximum absolute atomic E-state index is 10.8. The molecule has 84 valence electrons. The molecule has 0 fully saturated rings. The summed E-state index contributed by atoms with van der Waals surface area (Å²) >= 11 is 0. The Morgan fingerprint density at radius 2 is 1.87 bits per heavy atom. The molecular weight excluding hydrogens is 214 g/mol. The molecule has 6 heteroatoms. The van der Waals surface area contributed by atoms with Crippen molar-refractivity contribution in [3.05, 3.63) is 35.4 Å². The molecule has 0 heterocycles. The maximum atomic E-state index is 10.8. The van der Waals surface area contributed by atoms with Gasteiger partial charge in [-0.2, -0.15) is 13.1 Å². The topological polar surface area (TPSA) is 98.2 Å². The lowest BCUT2D eigenvalue weighted by Gasteiger charge is -2.12. The van der Waals surface area contributed by atoms with E-state index in [0.29, 0.717) is 6.54 Å². The van der Waals surface area contributed by atoms with E-state index in [-0.39, 0.29) is 6.04 Å². The predicted octanol–water partition coefficient (Wildman–Crippen LogP) is -0.000600. The van der Waals surface area contributed by atoms with E-state index in [1.54, 1.807) is 6.92 Å². The zero-order chi connectivity index (χ0) is 11.5. The first-order chi connectivity index (χ1) is 6.92. The molecule has 0 aliphatic rings. The first-order valence-electron chi connectivity index (χ1n) is 4.51. The van der Waals surface area contributed by atoms with Gasteiger partial charge in [0.05, 0.1) is 0 Å². The van der Waals surface area contributed by atoms with Crippen molar-refractivity contribution in [1.82, 2.24) is 4.72 Å². The fourth-order valence-corrected chi connectivity index (χ4v) is 1.89. The van der Waals surface area contributed by atoms with Crippen molar-refractivity contribution in [2.24, 2.45) is 10.9 Å². The smallest absolute Gasteiger partial charge is 0.274 e. The quantitative estimate of drug-likeness (QED) is 0.677. The highest BCUT2D eigenvalue weighted by molar-refractivity contribution is 7.87. The first kappa shape index (κ1) is 12.1. The predicted molar refractivity (Wildman–Crippen MR) is 59.0 cm³/mol. The van der Waals surface area contributed by atoms with E-state index in [2.05, 4.69) is 4.72 Å². The Morgan fingerprint density at radius 1 is 1.33 bits per heavy atom. The van der Waals surface area contributed by atoms with Crippen LogP contribution in [0.3, 0.4) is 0 Å². The van der Waals surface area contributed by atoms with Crippen LogP contribution in [0.1, 0.15) is 24.1 Å². The maximum Gasteiger partial charge on any atom is 0.274 e. The van der Waals surface area contributed by atoms with Crippen LogP contribution in [0.25, 0.3) is 0 Å². The van der Waals surface area contributed by atoms with E-state index < -0.39 is 10.2 Å². The second-order valence-corrected chi connectivity index (χ2v) is 4.66. The lowest BCUT2D eigenvalue weighted by molar-refractivity contribution is 0.568. The van der Waals surface area contributed by atoms with E-state index in [1.165, 1.54) is 0 Å². The fourth-order valence-electron chi connectivity index (χ4n) is 1.26. The zero-order valence-corrected chi connectivity index (χ0v) is 9.29. The van der Waals surface area contributed by atoms with Crippen LogP contribution in [0.4, 0.5) is 0 Å². The normalized spacial score (nSPS) is 13.8. The molecule has 1 aromatic carbocycles. The van der Waals surface area contributed by atoms with Crippen molar-refractivity contribution in [1.29, 1.82) is 0 Å². The highest BCUT2D eigenvalue weighted by Gasteiger charge is 2.10. The summed E-state index contributed by atoms with van der Waals surface area (Å²) in [6, 6.07) is 7.02. The zero-order valence-electron chi connectivity index (χ0n) is 8.47. The lowest BCUT2D eigenvalue weighted by Crippen LogP contribution is -2.32. The van der Waals surface area contributed by atoms with Gasteiger partial charge in [0.25, 0.3) is 10.2 Å². The number of hydrogen-bond acceptors (Lipinski definition) is 3. The minimum Gasteiger partial charge on any atom is -0.326 e. The molecule has 0 radical (unpaired) electrons. The van der Waals surface area contributed by atoms with Gasteiger partial charge in [0.1, 0.15) is 0 Å². The summed E-state index contributed by atoms with van der Waals surface area (Å²) in [5, 5.41) is 4.87. The molecule has 15 heavy (non-hydrogen) atoms. The number of rotatable bonds is 4. The summed E-state index contributed by atoms with van der Waals surface area (Å²) < 4.78 is 23.9. The minimum absolute atomic E-state index is 0.341. The van der Waals surface area contributed by atoms with E-state index >= 15 is 0 Å². The van der Waals surface area contributed by atoms with Crippen LogP contribution in [0, 0.1) is 0 Å². The van der Waals surface area contributed by atoms with E-state index in [4.69, 9.17) is 10.9 Å².